The molecule has 2 fully saturated rings. The summed E-state index contributed by atoms with van der Waals surface area (Å²) >= 11 is 0. The summed E-state index contributed by atoms with van der Waals surface area (Å²) < 4.78 is 0. The number of amides is 1. The molecular weight excluding hydrogens is 358 g/mol. The number of hydrogen-bond acceptors (Lipinski definition) is 3. The van der Waals surface area contributed by atoms with Crippen molar-refractivity contribution < 1.29 is 4.79 Å². The van der Waals surface area contributed by atoms with E-state index in [-0.39, 0.29) is 5.91 Å². The molecule has 1 aliphatic carbocycles. The molecule has 1 amide bonds. The van der Waals surface area contributed by atoms with Crippen LogP contribution >= 0.6 is 0 Å². The van der Waals surface area contributed by atoms with E-state index < -0.39 is 0 Å². The minimum absolute atomic E-state index is 0.0125. The number of nitrogens with one attached hydrogen (secondary N) is 1. The topological polar surface area (TPSA) is 45.2 Å². The van der Waals surface area contributed by atoms with Crippen LogP contribution in [0.3, 0.4) is 0 Å². The van der Waals surface area contributed by atoms with Gasteiger partial charge in [0.15, 0.2) is 0 Å². The third kappa shape index (κ3) is 4.03. The molecule has 148 valence electrons. The Kier molecular flexibility index (Phi) is 5.03. The lowest BCUT2D eigenvalue weighted by atomic mass is 10.0. The summed E-state index contributed by atoms with van der Waals surface area (Å²) in [4.78, 5) is 20.4. The Morgan fingerprint density at radius 1 is 1.00 bits per heavy atom. The molecule has 3 aromatic rings. The number of para-hydroxylation sites is 1. The van der Waals surface area contributed by atoms with Crippen molar-refractivity contribution in [3.63, 3.8) is 0 Å². The molecule has 1 N–H and O–H groups in total. The van der Waals surface area contributed by atoms with Crippen molar-refractivity contribution in [3.05, 3.63) is 77.0 Å². The molecule has 1 aromatic heterocycles. The maximum absolute atomic E-state index is 13.1. The van der Waals surface area contributed by atoms with E-state index in [0.717, 1.165) is 28.7 Å². The van der Waals surface area contributed by atoms with Gasteiger partial charge < -0.3 is 5.32 Å². The Hall–Kier alpha value is -2.72. The van der Waals surface area contributed by atoms with Gasteiger partial charge in [-0.2, -0.15) is 0 Å². The number of carbonyl (C=O) groups is 1. The zero-order valence-corrected chi connectivity index (χ0v) is 16.7. The Balaban J connectivity index is 1.36. The number of likely N-dealkylation sites (tertiary alicyclic amines) is 1. The van der Waals surface area contributed by atoms with Crippen molar-refractivity contribution in [2.45, 2.75) is 44.7 Å². The fourth-order valence-corrected chi connectivity index (χ4v) is 4.31. The summed E-state index contributed by atoms with van der Waals surface area (Å²) in [5, 5.41) is 4.10. The first kappa shape index (κ1) is 18.3. The summed E-state index contributed by atoms with van der Waals surface area (Å²) in [6.45, 7) is 3.87. The van der Waals surface area contributed by atoms with Gasteiger partial charge in [-0.15, -0.1) is 0 Å². The molecule has 4 nitrogen and oxygen atoms in total. The van der Waals surface area contributed by atoms with E-state index in [2.05, 4.69) is 34.5 Å². The number of fused-ring (bicyclic) bond motifs is 1. The zero-order valence-electron chi connectivity index (χ0n) is 16.7. The van der Waals surface area contributed by atoms with Crippen molar-refractivity contribution in [2.24, 2.45) is 0 Å². The Morgan fingerprint density at radius 3 is 2.52 bits per heavy atom. The summed E-state index contributed by atoms with van der Waals surface area (Å²) in [7, 11) is 0. The van der Waals surface area contributed by atoms with E-state index in [0.29, 0.717) is 12.5 Å². The summed E-state index contributed by atoms with van der Waals surface area (Å²) in [6, 6.07) is 18.4. The number of pyridine rings is 1. The van der Waals surface area contributed by atoms with E-state index in [4.69, 9.17) is 4.98 Å². The van der Waals surface area contributed by atoms with Gasteiger partial charge >= 0.3 is 0 Å². The lowest BCUT2D eigenvalue weighted by molar-refractivity contribution is 0.0952. The highest BCUT2D eigenvalue weighted by Gasteiger charge is 2.27. The van der Waals surface area contributed by atoms with Gasteiger partial charge in [0.1, 0.15) is 0 Å². The molecule has 0 radical (unpaired) electrons. The number of benzene rings is 2. The maximum Gasteiger partial charge on any atom is 0.252 e. The molecule has 0 unspecified atom stereocenters. The molecule has 0 bridgehead atoms. The fourth-order valence-electron chi connectivity index (χ4n) is 4.31. The predicted molar refractivity (Wildman–Crippen MR) is 116 cm³/mol. The summed E-state index contributed by atoms with van der Waals surface area (Å²) in [5.41, 5.74) is 5.23. The Bertz CT molecular complexity index is 1040. The molecule has 1 aliphatic heterocycles. The molecule has 0 spiro atoms. The molecule has 4 heteroatoms. The third-order valence-electron chi connectivity index (χ3n) is 6.13. The second-order valence-corrected chi connectivity index (χ2v) is 8.32. The average molecular weight is 386 g/mol. The van der Waals surface area contributed by atoms with E-state index in [1.807, 2.05) is 30.3 Å². The first-order valence-corrected chi connectivity index (χ1v) is 10.7. The fraction of sp³-hybridized carbons (Fsp3) is 0.360. The number of hydrogen-bond donors (Lipinski definition) is 1. The highest BCUT2D eigenvalue weighted by molar-refractivity contribution is 6.06. The van der Waals surface area contributed by atoms with Crippen LogP contribution in [0.2, 0.25) is 0 Å². The second-order valence-electron chi connectivity index (χ2n) is 8.32. The highest BCUT2D eigenvalue weighted by atomic mass is 16.1. The van der Waals surface area contributed by atoms with Crippen LogP contribution in [0.4, 0.5) is 0 Å². The number of carbonyl (C=O) groups excluding carboxylic acids is 1. The van der Waals surface area contributed by atoms with Crippen molar-refractivity contribution in [2.75, 3.05) is 13.1 Å². The van der Waals surface area contributed by atoms with Crippen LogP contribution < -0.4 is 5.32 Å². The predicted octanol–water partition coefficient (Wildman–Crippen LogP) is 4.64. The van der Waals surface area contributed by atoms with Crippen LogP contribution in [-0.2, 0) is 13.1 Å². The van der Waals surface area contributed by atoms with Gasteiger partial charge in [-0.05, 0) is 62.0 Å². The molecule has 2 aromatic carbocycles. The van der Waals surface area contributed by atoms with Crippen LogP contribution in [0.15, 0.2) is 54.6 Å². The van der Waals surface area contributed by atoms with Gasteiger partial charge in [-0.25, -0.2) is 0 Å². The van der Waals surface area contributed by atoms with Gasteiger partial charge in [-0.1, -0.05) is 42.5 Å². The van der Waals surface area contributed by atoms with E-state index in [1.165, 1.54) is 49.9 Å². The van der Waals surface area contributed by atoms with Gasteiger partial charge in [0.2, 0.25) is 0 Å². The minimum Gasteiger partial charge on any atom is -0.348 e. The second kappa shape index (κ2) is 7.96. The molecule has 5 rings (SSSR count). The van der Waals surface area contributed by atoms with Crippen LogP contribution in [0.1, 0.15) is 58.8 Å². The van der Waals surface area contributed by atoms with Gasteiger partial charge in [-0.3, -0.25) is 14.7 Å². The minimum atomic E-state index is -0.0125. The molecule has 0 atom stereocenters. The summed E-state index contributed by atoms with van der Waals surface area (Å²) in [5.74, 6) is 0.508. The van der Waals surface area contributed by atoms with Crippen LogP contribution in [0, 0.1) is 0 Å². The molecule has 2 heterocycles. The standard InChI is InChI=1S/C25H27N3O/c29-25(22-15-24(18-11-12-18)27-23-10-4-3-9-21(22)23)26-16-19-7-1-2-8-20(19)17-28-13-5-6-14-28/h1-4,7-10,15,18H,5-6,11-14,16-17H2,(H,26,29). The maximum atomic E-state index is 13.1. The normalized spacial score (nSPS) is 17.0. The highest BCUT2D eigenvalue weighted by Crippen LogP contribution is 2.40. The van der Waals surface area contributed by atoms with E-state index >= 15 is 0 Å². The largest absolute Gasteiger partial charge is 0.348 e. The average Bonchev–Trinajstić information content (AvgIpc) is 3.49. The first-order valence-electron chi connectivity index (χ1n) is 10.7. The van der Waals surface area contributed by atoms with Crippen molar-refractivity contribution in [3.8, 4) is 0 Å². The van der Waals surface area contributed by atoms with E-state index in [9.17, 15) is 4.79 Å². The number of aromatic nitrogens is 1. The zero-order chi connectivity index (χ0) is 19.6. The smallest absolute Gasteiger partial charge is 0.252 e. The van der Waals surface area contributed by atoms with Crippen LogP contribution in [-0.4, -0.2) is 28.9 Å². The van der Waals surface area contributed by atoms with Crippen molar-refractivity contribution in [1.82, 2.24) is 15.2 Å². The van der Waals surface area contributed by atoms with Crippen LogP contribution in [0.5, 0.6) is 0 Å². The molecule has 29 heavy (non-hydrogen) atoms. The summed E-state index contributed by atoms with van der Waals surface area (Å²) in [6.07, 6.45) is 4.93. The van der Waals surface area contributed by atoms with Gasteiger partial charge in [0, 0.05) is 30.1 Å². The third-order valence-corrected chi connectivity index (χ3v) is 6.13. The van der Waals surface area contributed by atoms with Crippen LogP contribution in [0.25, 0.3) is 10.9 Å². The van der Waals surface area contributed by atoms with Crippen molar-refractivity contribution in [1.29, 1.82) is 0 Å². The lowest BCUT2D eigenvalue weighted by Crippen LogP contribution is -2.25. The SMILES string of the molecule is O=C(NCc1ccccc1CN1CCCC1)c1cc(C2CC2)nc2ccccc12. The number of nitrogens with zero attached hydrogens (tertiary/aromatic N) is 2. The molecule has 1 saturated heterocycles. The van der Waals surface area contributed by atoms with Crippen molar-refractivity contribution >= 4 is 16.8 Å². The van der Waals surface area contributed by atoms with Gasteiger partial charge in [0.25, 0.3) is 5.91 Å². The Morgan fingerprint density at radius 2 is 1.72 bits per heavy atom. The first-order chi connectivity index (χ1) is 14.3. The Labute approximate surface area is 171 Å². The van der Waals surface area contributed by atoms with Gasteiger partial charge in [0.05, 0.1) is 11.1 Å². The molecule has 1 saturated carbocycles. The number of rotatable bonds is 6. The molecular formula is C25H27N3O. The monoisotopic (exact) mass is 385 g/mol. The van der Waals surface area contributed by atoms with E-state index in [1.54, 1.807) is 0 Å². The quantitative estimate of drug-likeness (QED) is 0.672. The lowest BCUT2D eigenvalue weighted by Gasteiger charge is -2.18. The molecule has 2 aliphatic rings.